The lowest BCUT2D eigenvalue weighted by atomic mass is 9.99. The molecule has 2 N–H and O–H groups in total. The van der Waals surface area contributed by atoms with Crippen molar-refractivity contribution in [2.45, 2.75) is 25.8 Å². The van der Waals surface area contributed by atoms with E-state index < -0.39 is 5.54 Å². The molecule has 1 unspecified atom stereocenters. The Kier molecular flexibility index (Phi) is 3.39. The van der Waals surface area contributed by atoms with Crippen LogP contribution in [0.1, 0.15) is 26.1 Å². The number of halogens is 1. The van der Waals surface area contributed by atoms with E-state index in [-0.39, 0.29) is 5.82 Å². The highest BCUT2D eigenvalue weighted by atomic mass is 19.1. The zero-order valence-corrected chi connectivity index (χ0v) is 10.5. The van der Waals surface area contributed by atoms with E-state index in [2.05, 4.69) is 9.97 Å². The quantitative estimate of drug-likeness (QED) is 0.904. The maximum Gasteiger partial charge on any atom is 0.147 e. The maximum absolute atomic E-state index is 12.8. The second-order valence-corrected chi connectivity index (χ2v) is 4.57. The Morgan fingerprint density at radius 1 is 1.11 bits per heavy atom. The predicted molar refractivity (Wildman–Crippen MR) is 69.3 cm³/mol. The fraction of sp³-hybridized carbons (Fsp3) is 0.286. The van der Waals surface area contributed by atoms with Crippen LogP contribution in [-0.2, 0) is 5.54 Å². The number of nitrogens with two attached hydrogens (primary N) is 1. The molecule has 4 heteroatoms. The van der Waals surface area contributed by atoms with E-state index in [1.54, 1.807) is 24.5 Å². The number of hydrogen-bond donors (Lipinski definition) is 1. The summed E-state index contributed by atoms with van der Waals surface area (Å²) in [6, 6.07) is 6.25. The summed E-state index contributed by atoms with van der Waals surface area (Å²) < 4.78 is 12.8. The van der Waals surface area contributed by atoms with Crippen molar-refractivity contribution in [1.29, 1.82) is 0 Å². The molecule has 1 atom stereocenters. The van der Waals surface area contributed by atoms with Gasteiger partial charge in [-0.05, 0) is 31.0 Å². The van der Waals surface area contributed by atoms with Gasteiger partial charge in [-0.15, -0.1) is 0 Å². The third kappa shape index (κ3) is 2.54. The highest BCUT2D eigenvalue weighted by molar-refractivity contribution is 5.61. The van der Waals surface area contributed by atoms with Crippen LogP contribution in [0.4, 0.5) is 4.39 Å². The van der Waals surface area contributed by atoms with Gasteiger partial charge in [0.15, 0.2) is 0 Å². The molecule has 0 radical (unpaired) electrons. The Labute approximate surface area is 106 Å². The topological polar surface area (TPSA) is 51.8 Å². The zero-order valence-electron chi connectivity index (χ0n) is 10.5. The second-order valence-electron chi connectivity index (χ2n) is 4.57. The molecule has 2 aromatic rings. The largest absolute Gasteiger partial charge is 0.319 e. The van der Waals surface area contributed by atoms with E-state index in [0.29, 0.717) is 5.82 Å². The molecule has 0 bridgehead atoms. The summed E-state index contributed by atoms with van der Waals surface area (Å²) in [6.45, 7) is 3.90. The summed E-state index contributed by atoms with van der Waals surface area (Å²) in [5.74, 6) is 0.368. The molecule has 94 valence electrons. The van der Waals surface area contributed by atoms with Crippen molar-refractivity contribution in [3.05, 3.63) is 48.3 Å². The predicted octanol–water partition coefficient (Wildman–Crippen LogP) is 2.87. The van der Waals surface area contributed by atoms with Gasteiger partial charge in [-0.1, -0.05) is 19.1 Å². The van der Waals surface area contributed by atoms with Crippen molar-refractivity contribution in [2.24, 2.45) is 5.73 Å². The first kappa shape index (κ1) is 12.6. The standard InChI is InChI=1S/C14H16FN3/c1-3-14(2,16)13-17-8-11(9-18-13)10-4-6-12(15)7-5-10/h4-9H,3,16H2,1-2H3. The van der Waals surface area contributed by atoms with Gasteiger partial charge in [-0.2, -0.15) is 0 Å². The van der Waals surface area contributed by atoms with Crippen LogP contribution in [0.5, 0.6) is 0 Å². The summed E-state index contributed by atoms with van der Waals surface area (Å²) in [4.78, 5) is 8.58. The van der Waals surface area contributed by atoms with Crippen molar-refractivity contribution in [3.8, 4) is 11.1 Å². The van der Waals surface area contributed by atoms with Gasteiger partial charge in [0, 0.05) is 18.0 Å². The van der Waals surface area contributed by atoms with Crippen LogP contribution in [0.25, 0.3) is 11.1 Å². The summed E-state index contributed by atoms with van der Waals surface area (Å²) in [5, 5.41) is 0. The number of aromatic nitrogens is 2. The van der Waals surface area contributed by atoms with E-state index >= 15 is 0 Å². The minimum absolute atomic E-state index is 0.253. The Morgan fingerprint density at radius 2 is 1.67 bits per heavy atom. The summed E-state index contributed by atoms with van der Waals surface area (Å²) >= 11 is 0. The lowest BCUT2D eigenvalue weighted by molar-refractivity contribution is 0.445. The molecule has 0 spiro atoms. The monoisotopic (exact) mass is 245 g/mol. The molecule has 0 amide bonds. The van der Waals surface area contributed by atoms with Gasteiger partial charge in [-0.3, -0.25) is 0 Å². The molecular weight excluding hydrogens is 229 g/mol. The highest BCUT2D eigenvalue weighted by Crippen LogP contribution is 2.21. The molecule has 3 nitrogen and oxygen atoms in total. The van der Waals surface area contributed by atoms with Gasteiger partial charge in [0.1, 0.15) is 11.6 Å². The lowest BCUT2D eigenvalue weighted by Gasteiger charge is -2.20. The lowest BCUT2D eigenvalue weighted by Crippen LogP contribution is -2.34. The van der Waals surface area contributed by atoms with Gasteiger partial charge in [0.25, 0.3) is 0 Å². The van der Waals surface area contributed by atoms with E-state index in [0.717, 1.165) is 17.5 Å². The van der Waals surface area contributed by atoms with Crippen molar-refractivity contribution in [3.63, 3.8) is 0 Å². The second kappa shape index (κ2) is 4.82. The first-order valence-corrected chi connectivity index (χ1v) is 5.90. The molecular formula is C14H16FN3. The van der Waals surface area contributed by atoms with Crippen LogP contribution in [-0.4, -0.2) is 9.97 Å². The van der Waals surface area contributed by atoms with Gasteiger partial charge >= 0.3 is 0 Å². The van der Waals surface area contributed by atoms with E-state index in [1.807, 2.05) is 13.8 Å². The SMILES string of the molecule is CCC(C)(N)c1ncc(-c2ccc(F)cc2)cn1. The van der Waals surface area contributed by atoms with Crippen LogP contribution in [0.15, 0.2) is 36.7 Å². The molecule has 0 fully saturated rings. The molecule has 18 heavy (non-hydrogen) atoms. The van der Waals surface area contributed by atoms with E-state index in [4.69, 9.17) is 5.73 Å². The first-order chi connectivity index (χ1) is 8.53. The third-order valence-corrected chi connectivity index (χ3v) is 3.07. The van der Waals surface area contributed by atoms with E-state index in [1.165, 1.54) is 12.1 Å². The normalized spacial score (nSPS) is 14.2. The number of nitrogens with zero attached hydrogens (tertiary/aromatic N) is 2. The molecule has 0 aliphatic carbocycles. The average molecular weight is 245 g/mol. The van der Waals surface area contributed by atoms with Crippen LogP contribution < -0.4 is 5.73 Å². The van der Waals surface area contributed by atoms with Gasteiger partial charge in [0.2, 0.25) is 0 Å². The Balaban J connectivity index is 2.30. The van der Waals surface area contributed by atoms with Gasteiger partial charge in [-0.25, -0.2) is 14.4 Å². The minimum atomic E-state index is -0.513. The Hall–Kier alpha value is -1.81. The Bertz CT molecular complexity index is 518. The Morgan fingerprint density at radius 3 is 2.17 bits per heavy atom. The third-order valence-electron chi connectivity index (χ3n) is 3.07. The maximum atomic E-state index is 12.8. The van der Waals surface area contributed by atoms with Gasteiger partial charge < -0.3 is 5.73 Å². The minimum Gasteiger partial charge on any atom is -0.319 e. The number of benzene rings is 1. The van der Waals surface area contributed by atoms with E-state index in [9.17, 15) is 4.39 Å². The molecule has 0 aliphatic heterocycles. The average Bonchev–Trinajstić information content (AvgIpc) is 2.40. The molecule has 2 rings (SSSR count). The molecule has 1 heterocycles. The van der Waals surface area contributed by atoms with Crippen LogP contribution in [0, 0.1) is 5.82 Å². The molecule has 1 aromatic heterocycles. The number of hydrogen-bond acceptors (Lipinski definition) is 3. The van der Waals surface area contributed by atoms with Crippen LogP contribution >= 0.6 is 0 Å². The molecule has 1 aromatic carbocycles. The van der Waals surface area contributed by atoms with Crippen molar-refractivity contribution in [2.75, 3.05) is 0 Å². The first-order valence-electron chi connectivity index (χ1n) is 5.90. The van der Waals surface area contributed by atoms with Gasteiger partial charge in [0.05, 0.1) is 5.54 Å². The summed E-state index contributed by atoms with van der Waals surface area (Å²) in [6.07, 6.45) is 4.20. The zero-order chi connectivity index (χ0) is 13.2. The molecule has 0 saturated heterocycles. The summed E-state index contributed by atoms with van der Waals surface area (Å²) in [7, 11) is 0. The van der Waals surface area contributed by atoms with Crippen molar-refractivity contribution >= 4 is 0 Å². The highest BCUT2D eigenvalue weighted by Gasteiger charge is 2.21. The summed E-state index contributed by atoms with van der Waals surface area (Å²) in [5.41, 5.74) is 7.30. The molecule has 0 aliphatic rings. The van der Waals surface area contributed by atoms with Crippen LogP contribution in [0.2, 0.25) is 0 Å². The number of rotatable bonds is 3. The van der Waals surface area contributed by atoms with Crippen LogP contribution in [0.3, 0.4) is 0 Å². The fourth-order valence-electron chi connectivity index (χ4n) is 1.57. The van der Waals surface area contributed by atoms with Crippen molar-refractivity contribution < 1.29 is 4.39 Å². The fourth-order valence-corrected chi connectivity index (χ4v) is 1.57. The van der Waals surface area contributed by atoms with Crippen molar-refractivity contribution in [1.82, 2.24) is 9.97 Å². The molecule has 0 saturated carbocycles. The smallest absolute Gasteiger partial charge is 0.147 e.